The molecule has 0 bridgehead atoms. The molecule has 2 aromatic rings. The summed E-state index contributed by atoms with van der Waals surface area (Å²) in [6.45, 7) is 2.02. The predicted octanol–water partition coefficient (Wildman–Crippen LogP) is 4.72. The molecule has 0 fully saturated rings. The number of thiophene rings is 1. The first-order valence-electron chi connectivity index (χ1n) is 8.79. The maximum absolute atomic E-state index is 12.7. The number of rotatable bonds is 10. The smallest absolute Gasteiger partial charge is 0.305 e. The highest BCUT2D eigenvalue weighted by Gasteiger charge is 2.22. The molecule has 1 N–H and O–H groups in total. The molecule has 8 heteroatoms. The fourth-order valence-electron chi connectivity index (χ4n) is 2.64. The Hall–Kier alpha value is -1.41. The second kappa shape index (κ2) is 10.2. The average Bonchev–Trinajstić information content (AvgIpc) is 3.10. The minimum atomic E-state index is -3.63. The largest absolute Gasteiger partial charge is 0.469 e. The maximum atomic E-state index is 12.7. The van der Waals surface area contributed by atoms with Crippen molar-refractivity contribution in [2.75, 3.05) is 7.11 Å². The topological polar surface area (TPSA) is 72.5 Å². The lowest BCUT2D eigenvalue weighted by Crippen LogP contribution is -2.28. The van der Waals surface area contributed by atoms with Crippen molar-refractivity contribution in [2.24, 2.45) is 0 Å². The molecule has 0 aliphatic carbocycles. The number of sulfonamides is 1. The lowest BCUT2D eigenvalue weighted by molar-refractivity contribution is -0.140. The van der Waals surface area contributed by atoms with Crippen LogP contribution in [0.3, 0.4) is 0 Å². The van der Waals surface area contributed by atoms with E-state index in [9.17, 15) is 13.2 Å². The quantitative estimate of drug-likeness (QED) is 0.555. The van der Waals surface area contributed by atoms with Crippen LogP contribution in [0.25, 0.3) is 0 Å². The van der Waals surface area contributed by atoms with Gasteiger partial charge in [-0.3, -0.25) is 4.79 Å². The van der Waals surface area contributed by atoms with E-state index in [1.807, 2.05) is 19.1 Å². The molecule has 2 rings (SSSR count). The lowest BCUT2D eigenvalue weighted by Gasteiger charge is -2.17. The Kier molecular flexibility index (Phi) is 8.28. The molecule has 1 atom stereocenters. The van der Waals surface area contributed by atoms with E-state index >= 15 is 0 Å². The monoisotopic (exact) mass is 429 g/mol. The SMILES string of the molecule is CCCC(NS(=O)(=O)c1ccc(Cl)cc1)c1ccc(CCCC(=O)OC)s1. The fraction of sp³-hybridized carbons (Fsp3) is 0.421. The molecule has 0 spiro atoms. The van der Waals surface area contributed by atoms with E-state index in [4.69, 9.17) is 11.6 Å². The third-order valence-corrected chi connectivity index (χ3v) is 7.05. The fourth-order valence-corrected chi connectivity index (χ4v) is 5.23. The van der Waals surface area contributed by atoms with Gasteiger partial charge < -0.3 is 4.74 Å². The highest BCUT2D eigenvalue weighted by molar-refractivity contribution is 7.89. The second-order valence-electron chi connectivity index (χ2n) is 6.15. The van der Waals surface area contributed by atoms with E-state index in [-0.39, 0.29) is 16.9 Å². The number of aryl methyl sites for hydroxylation is 1. The number of carbonyl (C=O) groups is 1. The third-order valence-electron chi connectivity index (χ3n) is 4.06. The normalized spacial score (nSPS) is 12.7. The van der Waals surface area contributed by atoms with Crippen LogP contribution in [-0.2, 0) is 26.0 Å². The molecule has 5 nitrogen and oxygen atoms in total. The van der Waals surface area contributed by atoms with Crippen molar-refractivity contribution in [1.29, 1.82) is 0 Å². The Labute approximate surface area is 169 Å². The molecule has 0 radical (unpaired) electrons. The number of ether oxygens (including phenoxy) is 1. The van der Waals surface area contributed by atoms with E-state index in [0.29, 0.717) is 24.3 Å². The van der Waals surface area contributed by atoms with Gasteiger partial charge in [0.1, 0.15) is 0 Å². The predicted molar refractivity (Wildman–Crippen MR) is 109 cm³/mol. The van der Waals surface area contributed by atoms with Gasteiger partial charge in [-0.25, -0.2) is 13.1 Å². The van der Waals surface area contributed by atoms with Crippen LogP contribution in [0.1, 0.15) is 48.4 Å². The molecule has 27 heavy (non-hydrogen) atoms. The zero-order chi connectivity index (χ0) is 19.9. The van der Waals surface area contributed by atoms with E-state index < -0.39 is 10.0 Å². The Morgan fingerprint density at radius 1 is 1.22 bits per heavy atom. The van der Waals surface area contributed by atoms with E-state index in [1.165, 1.54) is 19.2 Å². The van der Waals surface area contributed by atoms with Gasteiger partial charge in [-0.2, -0.15) is 0 Å². The van der Waals surface area contributed by atoms with Gasteiger partial charge in [0, 0.05) is 21.2 Å². The van der Waals surface area contributed by atoms with Crippen molar-refractivity contribution >= 4 is 38.9 Å². The molecule has 0 saturated heterocycles. The Bertz CT molecular complexity index is 847. The molecule has 1 aromatic carbocycles. The van der Waals surface area contributed by atoms with Crippen LogP contribution >= 0.6 is 22.9 Å². The molecule has 148 valence electrons. The summed E-state index contributed by atoms with van der Waals surface area (Å²) in [7, 11) is -2.25. The first kappa shape index (κ1) is 21.9. The molecular formula is C19H24ClNO4S2. The van der Waals surface area contributed by atoms with Gasteiger partial charge in [0.2, 0.25) is 10.0 Å². The molecule has 0 aliphatic rings. The number of nitrogens with one attached hydrogen (secondary N) is 1. The highest BCUT2D eigenvalue weighted by Crippen LogP contribution is 2.29. The molecule has 1 unspecified atom stereocenters. The molecule has 1 aromatic heterocycles. The minimum absolute atomic E-state index is 0.197. The van der Waals surface area contributed by atoms with Gasteiger partial charge in [0.15, 0.2) is 0 Å². The van der Waals surface area contributed by atoms with Crippen molar-refractivity contribution in [3.8, 4) is 0 Å². The zero-order valence-corrected chi connectivity index (χ0v) is 17.8. The van der Waals surface area contributed by atoms with Crippen molar-refractivity contribution < 1.29 is 17.9 Å². The van der Waals surface area contributed by atoms with Gasteiger partial charge >= 0.3 is 5.97 Å². The number of hydrogen-bond donors (Lipinski definition) is 1. The summed E-state index contributed by atoms with van der Waals surface area (Å²) in [5.41, 5.74) is 0. The average molecular weight is 430 g/mol. The number of esters is 1. The van der Waals surface area contributed by atoms with Crippen LogP contribution < -0.4 is 4.72 Å². The van der Waals surface area contributed by atoms with Gasteiger partial charge in [-0.15, -0.1) is 11.3 Å². The number of methoxy groups -OCH3 is 1. The highest BCUT2D eigenvalue weighted by atomic mass is 35.5. The van der Waals surface area contributed by atoms with E-state index in [0.717, 1.165) is 22.6 Å². The first-order valence-corrected chi connectivity index (χ1v) is 11.5. The summed E-state index contributed by atoms with van der Waals surface area (Å²) in [6, 6.07) is 9.81. The summed E-state index contributed by atoms with van der Waals surface area (Å²) in [5.74, 6) is -0.216. The minimum Gasteiger partial charge on any atom is -0.469 e. The summed E-state index contributed by atoms with van der Waals surface area (Å²) < 4.78 is 32.8. The van der Waals surface area contributed by atoms with Crippen LogP contribution in [0.15, 0.2) is 41.3 Å². The summed E-state index contributed by atoms with van der Waals surface area (Å²) in [5, 5.41) is 0.494. The van der Waals surface area contributed by atoms with Crippen LogP contribution in [0.2, 0.25) is 5.02 Å². The van der Waals surface area contributed by atoms with Crippen molar-refractivity contribution in [3.63, 3.8) is 0 Å². The molecule has 0 amide bonds. The summed E-state index contributed by atoms with van der Waals surface area (Å²) in [6.07, 6.45) is 3.41. The van der Waals surface area contributed by atoms with Crippen LogP contribution in [0.4, 0.5) is 0 Å². The molecular weight excluding hydrogens is 406 g/mol. The van der Waals surface area contributed by atoms with Gasteiger partial charge in [0.05, 0.1) is 18.0 Å². The number of hydrogen-bond acceptors (Lipinski definition) is 5. The second-order valence-corrected chi connectivity index (χ2v) is 9.50. The number of carbonyl (C=O) groups excluding carboxylic acids is 1. The lowest BCUT2D eigenvalue weighted by atomic mass is 10.1. The van der Waals surface area contributed by atoms with Crippen molar-refractivity contribution in [3.05, 3.63) is 51.2 Å². The third kappa shape index (κ3) is 6.60. The van der Waals surface area contributed by atoms with E-state index in [2.05, 4.69) is 9.46 Å². The first-order chi connectivity index (χ1) is 12.9. The van der Waals surface area contributed by atoms with Gasteiger partial charge in [-0.1, -0.05) is 24.9 Å². The Balaban J connectivity index is 2.08. The molecule has 1 heterocycles. The summed E-state index contributed by atoms with van der Waals surface area (Å²) >= 11 is 7.42. The number of benzene rings is 1. The number of halogens is 1. The zero-order valence-electron chi connectivity index (χ0n) is 15.4. The molecule has 0 saturated carbocycles. The Morgan fingerprint density at radius 3 is 2.56 bits per heavy atom. The molecule has 0 aliphatic heterocycles. The Morgan fingerprint density at radius 2 is 1.93 bits per heavy atom. The van der Waals surface area contributed by atoms with Crippen LogP contribution in [-0.4, -0.2) is 21.5 Å². The summed E-state index contributed by atoms with van der Waals surface area (Å²) in [4.78, 5) is 13.5. The maximum Gasteiger partial charge on any atom is 0.305 e. The van der Waals surface area contributed by atoms with E-state index in [1.54, 1.807) is 23.5 Å². The van der Waals surface area contributed by atoms with Crippen LogP contribution in [0.5, 0.6) is 0 Å². The van der Waals surface area contributed by atoms with Crippen molar-refractivity contribution in [1.82, 2.24) is 4.72 Å². The van der Waals surface area contributed by atoms with Crippen LogP contribution in [0, 0.1) is 0 Å². The van der Waals surface area contributed by atoms with Gasteiger partial charge in [0.25, 0.3) is 0 Å². The van der Waals surface area contributed by atoms with Gasteiger partial charge in [-0.05, 0) is 55.7 Å². The standard InChI is InChI=1S/C19H24ClNO4S2/c1-3-5-17(21-27(23,24)16-11-8-14(20)9-12-16)18-13-10-15(26-18)6-4-7-19(22)25-2/h8-13,17,21H,3-7H2,1-2H3. The van der Waals surface area contributed by atoms with Crippen molar-refractivity contribution in [2.45, 2.75) is 50.0 Å².